The fraction of sp³-hybridized carbons (Fsp3) is 0.923. The number of hydrogen-bond acceptors (Lipinski definition) is 4. The average Bonchev–Trinajstić information content (AvgIpc) is 2.40. The zero-order chi connectivity index (χ0) is 12.8. The Hall–Kier alpha value is -0.420. The SMILES string of the molecule is CO/N=C1\CC2C[C@@H]3C[C@H](C2)CC1(OS(C)=O)C3. The third-order valence-corrected chi connectivity index (χ3v) is 5.28. The first-order valence-electron chi connectivity index (χ1n) is 6.75. The summed E-state index contributed by atoms with van der Waals surface area (Å²) >= 11 is -1.25. The molecule has 5 atom stereocenters. The largest absolute Gasteiger partial charge is 0.399 e. The van der Waals surface area contributed by atoms with E-state index in [-0.39, 0.29) is 0 Å². The highest BCUT2D eigenvalue weighted by atomic mass is 32.2. The lowest BCUT2D eigenvalue weighted by atomic mass is 9.66. The van der Waals surface area contributed by atoms with E-state index >= 15 is 0 Å². The molecule has 4 nitrogen and oxygen atoms in total. The Kier molecular flexibility index (Phi) is 3.22. The second-order valence-electron chi connectivity index (χ2n) is 6.12. The summed E-state index contributed by atoms with van der Waals surface area (Å²) in [5.41, 5.74) is 0.587. The Morgan fingerprint density at radius 1 is 1.22 bits per heavy atom. The molecule has 0 amide bonds. The third-order valence-electron chi connectivity index (χ3n) is 4.72. The molecule has 0 saturated heterocycles. The molecule has 0 N–H and O–H groups in total. The first kappa shape index (κ1) is 12.6. The Bertz CT molecular complexity index is 382. The van der Waals surface area contributed by atoms with Crippen LogP contribution in [0.25, 0.3) is 0 Å². The molecule has 5 heteroatoms. The summed E-state index contributed by atoms with van der Waals surface area (Å²) in [4.78, 5) is 5.01. The molecule has 4 aliphatic carbocycles. The van der Waals surface area contributed by atoms with E-state index in [0.717, 1.165) is 42.7 Å². The molecular weight excluding hydrogens is 250 g/mol. The van der Waals surface area contributed by atoms with E-state index in [4.69, 9.17) is 9.02 Å². The van der Waals surface area contributed by atoms with Gasteiger partial charge in [0.25, 0.3) is 0 Å². The van der Waals surface area contributed by atoms with Crippen molar-refractivity contribution in [3.63, 3.8) is 0 Å². The van der Waals surface area contributed by atoms with Crippen molar-refractivity contribution in [2.24, 2.45) is 22.9 Å². The monoisotopic (exact) mass is 271 g/mol. The Balaban J connectivity index is 1.99. The van der Waals surface area contributed by atoms with E-state index in [2.05, 4.69) is 5.16 Å². The highest BCUT2D eigenvalue weighted by Crippen LogP contribution is 2.53. The van der Waals surface area contributed by atoms with Gasteiger partial charge in [-0.25, -0.2) is 4.21 Å². The van der Waals surface area contributed by atoms with E-state index in [0.29, 0.717) is 0 Å². The molecule has 3 unspecified atom stereocenters. The molecule has 0 aliphatic heterocycles. The van der Waals surface area contributed by atoms with Gasteiger partial charge in [0.05, 0.1) is 5.71 Å². The summed E-state index contributed by atoms with van der Waals surface area (Å²) in [5, 5.41) is 4.22. The van der Waals surface area contributed by atoms with E-state index in [1.165, 1.54) is 19.3 Å². The lowest BCUT2D eigenvalue weighted by molar-refractivity contribution is 0.0273. The average molecular weight is 271 g/mol. The highest BCUT2D eigenvalue weighted by molar-refractivity contribution is 7.79. The van der Waals surface area contributed by atoms with Crippen molar-refractivity contribution in [1.82, 2.24) is 0 Å². The summed E-state index contributed by atoms with van der Waals surface area (Å²) in [6.45, 7) is 0. The second-order valence-corrected chi connectivity index (χ2v) is 7.09. The van der Waals surface area contributed by atoms with Gasteiger partial charge in [0.1, 0.15) is 12.7 Å². The highest BCUT2D eigenvalue weighted by Gasteiger charge is 2.53. The zero-order valence-electron chi connectivity index (χ0n) is 11.1. The lowest BCUT2D eigenvalue weighted by Crippen LogP contribution is -2.47. The van der Waals surface area contributed by atoms with Crippen molar-refractivity contribution >= 4 is 16.8 Å². The summed E-state index contributed by atoms with van der Waals surface area (Å²) < 4.78 is 17.4. The van der Waals surface area contributed by atoms with Crippen LogP contribution in [0.3, 0.4) is 0 Å². The van der Waals surface area contributed by atoms with Gasteiger partial charge < -0.3 is 4.84 Å². The number of fused-ring (bicyclic) bond motifs is 1. The number of oxime groups is 1. The van der Waals surface area contributed by atoms with Gasteiger partial charge in [0, 0.05) is 6.26 Å². The van der Waals surface area contributed by atoms with Gasteiger partial charge in [-0.05, 0) is 56.3 Å². The predicted molar refractivity (Wildman–Crippen MR) is 70.5 cm³/mol. The maximum atomic E-state index is 11.6. The third kappa shape index (κ3) is 2.11. The number of hydrogen-bond donors (Lipinski definition) is 0. The molecule has 4 aliphatic rings. The maximum absolute atomic E-state index is 11.6. The molecule has 4 rings (SSSR count). The summed E-state index contributed by atoms with van der Waals surface area (Å²) in [7, 11) is 1.58. The van der Waals surface area contributed by atoms with Crippen LogP contribution in [0.1, 0.15) is 38.5 Å². The fourth-order valence-electron chi connectivity index (χ4n) is 4.49. The number of rotatable bonds is 3. The van der Waals surface area contributed by atoms with Gasteiger partial charge >= 0.3 is 0 Å². The summed E-state index contributed by atoms with van der Waals surface area (Å²) in [6, 6.07) is 0. The van der Waals surface area contributed by atoms with E-state index in [1.807, 2.05) is 0 Å². The lowest BCUT2D eigenvalue weighted by Gasteiger charge is -2.43. The second kappa shape index (κ2) is 4.60. The molecule has 102 valence electrons. The topological polar surface area (TPSA) is 47.9 Å². The molecule has 0 heterocycles. The molecule has 0 spiro atoms. The number of nitrogens with zero attached hydrogens (tertiary/aromatic N) is 1. The molecule has 0 radical (unpaired) electrons. The zero-order valence-corrected chi connectivity index (χ0v) is 11.9. The van der Waals surface area contributed by atoms with Crippen molar-refractivity contribution < 1.29 is 13.2 Å². The normalized spacial score (nSPS) is 46.1. The Labute approximate surface area is 111 Å². The minimum atomic E-state index is -1.25. The van der Waals surface area contributed by atoms with Crippen LogP contribution >= 0.6 is 0 Å². The van der Waals surface area contributed by atoms with Crippen LogP contribution in [0.15, 0.2) is 5.16 Å². The van der Waals surface area contributed by atoms with Crippen LogP contribution in [-0.2, 0) is 20.1 Å². The van der Waals surface area contributed by atoms with E-state index in [1.54, 1.807) is 13.4 Å². The van der Waals surface area contributed by atoms with Crippen molar-refractivity contribution in [2.75, 3.05) is 13.4 Å². The molecule has 4 saturated carbocycles. The van der Waals surface area contributed by atoms with Gasteiger partial charge in [-0.15, -0.1) is 0 Å². The smallest absolute Gasteiger partial charge is 0.153 e. The Morgan fingerprint density at radius 3 is 2.39 bits per heavy atom. The van der Waals surface area contributed by atoms with Crippen LogP contribution in [0, 0.1) is 17.8 Å². The molecule has 0 aromatic rings. The molecule has 18 heavy (non-hydrogen) atoms. The van der Waals surface area contributed by atoms with Crippen molar-refractivity contribution in [1.29, 1.82) is 0 Å². The van der Waals surface area contributed by atoms with E-state index in [9.17, 15) is 4.21 Å². The first-order valence-corrected chi connectivity index (χ1v) is 8.23. The quantitative estimate of drug-likeness (QED) is 0.740. The van der Waals surface area contributed by atoms with Crippen LogP contribution in [0.5, 0.6) is 0 Å². The van der Waals surface area contributed by atoms with Crippen LogP contribution in [0.2, 0.25) is 0 Å². The predicted octanol–water partition coefficient (Wildman–Crippen LogP) is 2.27. The molecule has 0 aromatic carbocycles. The van der Waals surface area contributed by atoms with Crippen LogP contribution in [0.4, 0.5) is 0 Å². The minimum Gasteiger partial charge on any atom is -0.399 e. The van der Waals surface area contributed by atoms with E-state index < -0.39 is 16.7 Å². The van der Waals surface area contributed by atoms with Crippen molar-refractivity contribution in [3.05, 3.63) is 0 Å². The van der Waals surface area contributed by atoms with Crippen LogP contribution in [-0.4, -0.2) is 28.9 Å². The van der Waals surface area contributed by atoms with Gasteiger partial charge in [-0.2, -0.15) is 0 Å². The fourth-order valence-corrected chi connectivity index (χ4v) is 5.17. The van der Waals surface area contributed by atoms with Gasteiger partial charge in [0.15, 0.2) is 11.1 Å². The molecule has 4 bridgehead atoms. The van der Waals surface area contributed by atoms with Crippen molar-refractivity contribution in [2.45, 2.75) is 44.1 Å². The maximum Gasteiger partial charge on any atom is 0.153 e. The molecular formula is C13H21NO3S. The van der Waals surface area contributed by atoms with Gasteiger partial charge in [0.2, 0.25) is 0 Å². The Morgan fingerprint density at radius 2 is 1.83 bits per heavy atom. The van der Waals surface area contributed by atoms with Gasteiger partial charge in [-0.3, -0.25) is 4.18 Å². The summed E-state index contributed by atoms with van der Waals surface area (Å²) in [6.07, 6.45) is 8.39. The molecule has 4 fully saturated rings. The minimum absolute atomic E-state index is 0.408. The van der Waals surface area contributed by atoms with Gasteiger partial charge in [-0.1, -0.05) is 5.16 Å². The summed E-state index contributed by atoms with van der Waals surface area (Å²) in [5.74, 6) is 2.16. The first-order chi connectivity index (χ1) is 8.61. The van der Waals surface area contributed by atoms with Crippen molar-refractivity contribution in [3.8, 4) is 0 Å². The standard InChI is InChI=1S/C13H21NO3S/c1-16-14-12-6-9-3-10-5-11(4-9)8-13(12,7-10)17-18(2)15/h9-11H,3-8H2,1-2H3/b14-12+/t9?,10-,11+,13?,18?. The van der Waals surface area contributed by atoms with Crippen LogP contribution < -0.4 is 0 Å². The molecule has 0 aromatic heterocycles.